The number of fused-ring (bicyclic) bond motifs is 1. The smallest absolute Gasteiger partial charge is 0.276 e. The molecular weight excluding hydrogens is 409 g/mol. The molecule has 11 heteroatoms. The number of nitrogens with zero attached hydrogens (tertiary/aromatic N) is 1. The second kappa shape index (κ2) is 6.24. The minimum atomic E-state index is -5.58. The Balaban J connectivity index is 1.96. The molecule has 0 radical (unpaired) electrons. The first kappa shape index (κ1) is 19.2. The lowest BCUT2D eigenvalue weighted by Crippen LogP contribution is -2.31. The number of nitrogens with one attached hydrogen (secondary N) is 1. The van der Waals surface area contributed by atoms with Crippen molar-refractivity contribution >= 4 is 44.8 Å². The van der Waals surface area contributed by atoms with Gasteiger partial charge in [-0.1, -0.05) is 11.6 Å². The SMILES string of the molecule is Cc1cc(NS(=O)(=O)C(F)(F)F)ccc1N1C(=O)c2ccc(Cl)cc2C1=O. The van der Waals surface area contributed by atoms with Crippen LogP contribution in [0.4, 0.5) is 24.5 Å². The van der Waals surface area contributed by atoms with Crippen LogP contribution in [0.1, 0.15) is 26.3 Å². The van der Waals surface area contributed by atoms with E-state index in [-0.39, 0.29) is 33.1 Å². The first-order valence-corrected chi connectivity index (χ1v) is 9.16. The molecule has 1 N–H and O–H groups in total. The average Bonchev–Trinajstić information content (AvgIpc) is 2.77. The molecule has 0 fully saturated rings. The Morgan fingerprint density at radius 3 is 2.22 bits per heavy atom. The second-order valence-electron chi connectivity index (χ2n) is 5.69. The highest BCUT2D eigenvalue weighted by atomic mass is 35.5. The number of alkyl halides is 3. The number of halogens is 4. The van der Waals surface area contributed by atoms with Crippen molar-refractivity contribution in [3.8, 4) is 0 Å². The summed E-state index contributed by atoms with van der Waals surface area (Å²) in [5, 5.41) is 0.269. The molecule has 0 spiro atoms. The maximum atomic E-state index is 12.5. The van der Waals surface area contributed by atoms with E-state index in [2.05, 4.69) is 0 Å². The normalized spacial score (nSPS) is 14.5. The van der Waals surface area contributed by atoms with Crippen LogP contribution in [0.2, 0.25) is 5.02 Å². The highest BCUT2D eigenvalue weighted by Gasteiger charge is 2.46. The van der Waals surface area contributed by atoms with Gasteiger partial charge in [0, 0.05) is 10.7 Å². The summed E-state index contributed by atoms with van der Waals surface area (Å²) in [5.74, 6) is -1.25. The van der Waals surface area contributed by atoms with Crippen molar-refractivity contribution in [1.82, 2.24) is 0 Å². The number of sulfonamides is 1. The zero-order chi connectivity index (χ0) is 20.1. The molecule has 0 aliphatic carbocycles. The second-order valence-corrected chi connectivity index (χ2v) is 7.80. The number of hydrogen-bond acceptors (Lipinski definition) is 4. The fraction of sp³-hybridized carbons (Fsp3) is 0.125. The lowest BCUT2D eigenvalue weighted by atomic mass is 10.1. The first-order chi connectivity index (χ1) is 12.4. The minimum absolute atomic E-state index is 0.105. The van der Waals surface area contributed by atoms with Crippen LogP contribution >= 0.6 is 11.6 Å². The fourth-order valence-corrected chi connectivity index (χ4v) is 3.34. The summed E-state index contributed by atoms with van der Waals surface area (Å²) in [4.78, 5) is 25.9. The number of anilines is 2. The van der Waals surface area contributed by atoms with Gasteiger partial charge in [0.1, 0.15) is 0 Å². The molecule has 2 aromatic rings. The third-order valence-corrected chi connectivity index (χ3v) is 5.19. The molecule has 0 bridgehead atoms. The van der Waals surface area contributed by atoms with Gasteiger partial charge in [-0.05, 0) is 48.9 Å². The molecule has 27 heavy (non-hydrogen) atoms. The molecule has 0 atom stereocenters. The lowest BCUT2D eigenvalue weighted by molar-refractivity contribution is -0.0429. The molecular formula is C16H10ClF3N2O4S. The summed E-state index contributed by atoms with van der Waals surface area (Å²) < 4.78 is 61.2. The predicted molar refractivity (Wildman–Crippen MR) is 92.4 cm³/mol. The van der Waals surface area contributed by atoms with E-state index in [0.29, 0.717) is 0 Å². The zero-order valence-electron chi connectivity index (χ0n) is 13.5. The average molecular weight is 419 g/mol. The topological polar surface area (TPSA) is 83.6 Å². The molecule has 6 nitrogen and oxygen atoms in total. The van der Waals surface area contributed by atoms with E-state index >= 15 is 0 Å². The van der Waals surface area contributed by atoms with Gasteiger partial charge in [-0.2, -0.15) is 21.6 Å². The minimum Gasteiger partial charge on any atom is -0.276 e. The molecule has 0 aromatic heterocycles. The van der Waals surface area contributed by atoms with E-state index < -0.39 is 27.3 Å². The van der Waals surface area contributed by atoms with Crippen LogP contribution in [-0.4, -0.2) is 25.7 Å². The molecule has 1 aliphatic rings. The van der Waals surface area contributed by atoms with E-state index in [0.717, 1.165) is 17.0 Å². The summed E-state index contributed by atoms with van der Waals surface area (Å²) in [7, 11) is -5.58. The van der Waals surface area contributed by atoms with E-state index in [1.165, 1.54) is 35.9 Å². The Kier molecular flexibility index (Phi) is 4.43. The van der Waals surface area contributed by atoms with Gasteiger partial charge in [-0.25, -0.2) is 4.90 Å². The third-order valence-electron chi connectivity index (χ3n) is 3.84. The Morgan fingerprint density at radius 1 is 1.00 bits per heavy atom. The van der Waals surface area contributed by atoms with Crippen LogP contribution in [0.3, 0.4) is 0 Å². The van der Waals surface area contributed by atoms with E-state index in [1.807, 2.05) is 0 Å². The summed E-state index contributed by atoms with van der Waals surface area (Å²) in [6, 6.07) is 7.51. The number of carbonyl (C=O) groups excluding carboxylic acids is 2. The highest BCUT2D eigenvalue weighted by Crippen LogP contribution is 2.34. The maximum absolute atomic E-state index is 12.5. The Morgan fingerprint density at radius 2 is 1.63 bits per heavy atom. The molecule has 2 amide bonds. The van der Waals surface area contributed by atoms with Gasteiger partial charge in [0.15, 0.2) is 0 Å². The van der Waals surface area contributed by atoms with Crippen molar-refractivity contribution in [3.05, 3.63) is 58.1 Å². The molecule has 1 aliphatic heterocycles. The van der Waals surface area contributed by atoms with Gasteiger partial charge >= 0.3 is 15.5 Å². The van der Waals surface area contributed by atoms with Gasteiger partial charge in [0.25, 0.3) is 11.8 Å². The predicted octanol–water partition coefficient (Wildman–Crippen LogP) is 3.71. The molecule has 0 saturated carbocycles. The van der Waals surface area contributed by atoms with Crippen LogP contribution in [-0.2, 0) is 10.0 Å². The van der Waals surface area contributed by atoms with Crippen molar-refractivity contribution in [2.45, 2.75) is 12.4 Å². The van der Waals surface area contributed by atoms with Crippen LogP contribution in [0, 0.1) is 6.92 Å². The number of benzene rings is 2. The first-order valence-electron chi connectivity index (χ1n) is 7.30. The summed E-state index contributed by atoms with van der Waals surface area (Å²) in [6.07, 6.45) is 0. The molecule has 3 rings (SSSR count). The molecule has 0 unspecified atom stereocenters. The van der Waals surface area contributed by atoms with Gasteiger partial charge in [0.05, 0.1) is 16.8 Å². The fourth-order valence-electron chi connectivity index (χ4n) is 2.61. The number of rotatable bonds is 3. The number of hydrogen-bond donors (Lipinski definition) is 1. The van der Waals surface area contributed by atoms with Gasteiger partial charge in [-0.3, -0.25) is 14.3 Å². The number of imide groups is 1. The third kappa shape index (κ3) is 3.26. The van der Waals surface area contributed by atoms with Gasteiger partial charge in [-0.15, -0.1) is 0 Å². The van der Waals surface area contributed by atoms with E-state index in [1.54, 1.807) is 0 Å². The van der Waals surface area contributed by atoms with Crippen LogP contribution < -0.4 is 9.62 Å². The Bertz CT molecular complexity index is 1080. The number of amides is 2. The van der Waals surface area contributed by atoms with Crippen molar-refractivity contribution < 1.29 is 31.2 Å². The standard InChI is InChI=1S/C16H10ClF3N2O4S/c1-8-6-10(21-27(25,26)16(18,19)20)3-5-13(8)22-14(23)11-4-2-9(17)7-12(11)15(22)24/h2-7,21H,1H3. The van der Waals surface area contributed by atoms with Crippen molar-refractivity contribution in [3.63, 3.8) is 0 Å². The van der Waals surface area contributed by atoms with Crippen LogP contribution in [0.15, 0.2) is 36.4 Å². The van der Waals surface area contributed by atoms with E-state index in [9.17, 15) is 31.2 Å². The Hall–Kier alpha value is -2.59. The quantitative estimate of drug-likeness (QED) is 0.770. The summed E-state index contributed by atoms with van der Waals surface area (Å²) in [5.41, 5.74) is -5.24. The van der Waals surface area contributed by atoms with Crippen LogP contribution in [0.25, 0.3) is 0 Å². The molecule has 1 heterocycles. The van der Waals surface area contributed by atoms with E-state index in [4.69, 9.17) is 11.6 Å². The number of aryl methyl sites for hydroxylation is 1. The maximum Gasteiger partial charge on any atom is 0.516 e. The van der Waals surface area contributed by atoms with Crippen molar-refractivity contribution in [2.24, 2.45) is 0 Å². The molecule has 142 valence electrons. The van der Waals surface area contributed by atoms with Crippen molar-refractivity contribution in [1.29, 1.82) is 0 Å². The highest BCUT2D eigenvalue weighted by molar-refractivity contribution is 7.93. The Labute approximate surface area is 156 Å². The molecule has 2 aromatic carbocycles. The van der Waals surface area contributed by atoms with Crippen LogP contribution in [0.5, 0.6) is 0 Å². The van der Waals surface area contributed by atoms with Gasteiger partial charge in [0.2, 0.25) is 0 Å². The summed E-state index contributed by atoms with van der Waals surface area (Å²) in [6.45, 7) is 1.43. The largest absolute Gasteiger partial charge is 0.516 e. The lowest BCUT2D eigenvalue weighted by Gasteiger charge is -2.18. The summed E-state index contributed by atoms with van der Waals surface area (Å²) >= 11 is 5.84. The van der Waals surface area contributed by atoms with Gasteiger partial charge < -0.3 is 0 Å². The zero-order valence-corrected chi connectivity index (χ0v) is 15.0. The van der Waals surface area contributed by atoms with Crippen molar-refractivity contribution in [2.75, 3.05) is 9.62 Å². The monoisotopic (exact) mass is 418 g/mol. The molecule has 0 saturated heterocycles. The number of carbonyl (C=O) groups is 2.